The number of hydrogen-bond donors (Lipinski definition) is 0. The second-order valence-electron chi connectivity index (χ2n) is 3.94. The molecule has 0 saturated carbocycles. The summed E-state index contributed by atoms with van der Waals surface area (Å²) < 4.78 is 12.5. The van der Waals surface area contributed by atoms with Gasteiger partial charge in [0.05, 0.1) is 0 Å². The van der Waals surface area contributed by atoms with E-state index >= 15 is 0 Å². The molecule has 0 radical (unpaired) electrons. The molecule has 2 aliphatic rings. The van der Waals surface area contributed by atoms with Crippen LogP contribution in [0.2, 0.25) is 0 Å². The van der Waals surface area contributed by atoms with E-state index in [-0.39, 0.29) is 12.4 Å². The van der Waals surface area contributed by atoms with Crippen molar-refractivity contribution in [2.75, 3.05) is 33.4 Å². The largest absolute Gasteiger partial charge is 1.00 e. The lowest BCUT2D eigenvalue weighted by Gasteiger charge is -2.14. The van der Waals surface area contributed by atoms with E-state index in [9.17, 15) is 0 Å². The maximum Gasteiger partial charge on any atom is 0.402 e. The molecule has 1 aliphatic carbocycles. The highest BCUT2D eigenvalue weighted by Crippen LogP contribution is 2.07. The molecule has 1 heterocycles. The molecule has 2 rings (SSSR count). The molecular weight excluding hydrogens is 270 g/mol. The van der Waals surface area contributed by atoms with Crippen molar-refractivity contribution in [1.29, 1.82) is 0 Å². The van der Waals surface area contributed by atoms with Gasteiger partial charge in [-0.05, 0) is 0 Å². The zero-order chi connectivity index (χ0) is 13.0. The highest BCUT2D eigenvalue weighted by Gasteiger charge is 2.45. The van der Waals surface area contributed by atoms with Crippen molar-refractivity contribution in [2.24, 2.45) is 0 Å². The molecule has 0 bridgehead atoms. The molecule has 0 aromatic heterocycles. The Morgan fingerprint density at radius 3 is 2.47 bits per heavy atom. The maximum absolute atomic E-state index is 9.17. The topological polar surface area (TPSA) is 94.3 Å². The molecule has 1 atom stereocenters. The molecule has 7 nitrogen and oxygen atoms in total. The minimum absolute atomic E-state index is 0. The lowest BCUT2D eigenvalue weighted by molar-refractivity contribution is -0.547. The number of ether oxygens (including phenoxy) is 2. The Morgan fingerprint density at radius 2 is 1.95 bits per heavy atom. The van der Waals surface area contributed by atoms with Crippen LogP contribution in [0.1, 0.15) is 0 Å². The Hall–Kier alpha value is -1.62. The van der Waals surface area contributed by atoms with Gasteiger partial charge in [-0.1, -0.05) is 0 Å². The number of methoxy groups -OCH3 is 1. The molecule has 8 heteroatoms. The summed E-state index contributed by atoms with van der Waals surface area (Å²) in [5, 5.41) is 0. The molecule has 0 N–H and O–H groups in total. The Bertz CT molecular complexity index is 507. The predicted molar refractivity (Wildman–Crippen MR) is 63.0 cm³/mol. The second-order valence-corrected chi connectivity index (χ2v) is 3.94. The van der Waals surface area contributed by atoms with Crippen LogP contribution in [0, 0.1) is 0 Å². The first-order valence-electron chi connectivity index (χ1n) is 5.66. The van der Waals surface area contributed by atoms with Crippen molar-refractivity contribution < 1.29 is 36.0 Å². The molecule has 0 aromatic carbocycles. The zero-order valence-electron chi connectivity index (χ0n) is 10.5. The first-order chi connectivity index (χ1) is 8.81. The van der Waals surface area contributed by atoms with Crippen LogP contribution in [0.3, 0.4) is 0 Å². The Labute approximate surface area is 116 Å². The van der Waals surface area contributed by atoms with Gasteiger partial charge >= 0.3 is 11.4 Å². The molecule has 0 amide bonds. The van der Waals surface area contributed by atoms with Crippen molar-refractivity contribution in [1.82, 2.24) is 0 Å². The van der Waals surface area contributed by atoms with Gasteiger partial charge in [-0.2, -0.15) is 9.58 Å². The normalized spacial score (nSPS) is 22.7. The first-order valence-corrected chi connectivity index (χ1v) is 5.66. The van der Waals surface area contributed by atoms with E-state index in [1.807, 2.05) is 0 Å². The highest BCUT2D eigenvalue weighted by atomic mass is 35.5. The smallest absolute Gasteiger partial charge is 0.402 e. The standard InChI is InChI=1S/C11H14N5O2.ClH/c1-17-11-8(14-12)2-3-9(10(11)15-13)16-4-6-18-7-5-16;/h2-3,11H,4-7H2,1H3;1H/q+1;/p-1. The molecule has 1 saturated heterocycles. The summed E-state index contributed by atoms with van der Waals surface area (Å²) in [6.45, 7) is 2.71. The summed E-state index contributed by atoms with van der Waals surface area (Å²) in [5.74, 6) is 0. The van der Waals surface area contributed by atoms with Crippen LogP contribution < -0.4 is 12.4 Å². The van der Waals surface area contributed by atoms with E-state index in [1.165, 1.54) is 7.11 Å². The van der Waals surface area contributed by atoms with E-state index < -0.39 is 6.10 Å². The summed E-state index contributed by atoms with van der Waals surface area (Å²) in [7, 11) is 1.47. The number of morpholine rings is 1. The number of rotatable bonds is 1. The number of hydrogen-bond acceptors (Lipinski definition) is 2. The van der Waals surface area contributed by atoms with Crippen LogP contribution in [0.25, 0.3) is 11.1 Å². The minimum atomic E-state index is -0.664. The van der Waals surface area contributed by atoms with Gasteiger partial charge in [0.2, 0.25) is 0 Å². The lowest BCUT2D eigenvalue weighted by Crippen LogP contribution is -3.00. The van der Waals surface area contributed by atoms with Crippen molar-refractivity contribution in [3.05, 3.63) is 23.2 Å². The van der Waals surface area contributed by atoms with Crippen LogP contribution in [0.5, 0.6) is 0 Å². The zero-order valence-corrected chi connectivity index (χ0v) is 11.2. The van der Waals surface area contributed by atoms with Gasteiger partial charge in [-0.25, -0.2) is 4.58 Å². The third kappa shape index (κ3) is 3.04. The third-order valence-electron chi connectivity index (χ3n) is 3.00. The SMILES string of the molecule is COC1C(=[N+]=[N-])C=CC(=[N+]2CCOCC2)C1=[N+]=[N-].[Cl-]. The number of halogens is 1. The molecule has 0 spiro atoms. The van der Waals surface area contributed by atoms with Crippen molar-refractivity contribution in [3.8, 4) is 0 Å². The van der Waals surface area contributed by atoms with Gasteiger partial charge in [-0.15, -0.1) is 0 Å². The highest BCUT2D eigenvalue weighted by molar-refractivity contribution is 6.50. The van der Waals surface area contributed by atoms with E-state index in [0.717, 1.165) is 18.8 Å². The molecule has 102 valence electrons. The van der Waals surface area contributed by atoms with E-state index in [2.05, 4.69) is 14.2 Å². The quantitative estimate of drug-likeness (QED) is 0.282. The van der Waals surface area contributed by atoms with Crippen LogP contribution >= 0.6 is 0 Å². The van der Waals surface area contributed by atoms with Gasteiger partial charge in [0, 0.05) is 19.3 Å². The fourth-order valence-corrected chi connectivity index (χ4v) is 2.10. The summed E-state index contributed by atoms with van der Waals surface area (Å²) in [5.41, 5.74) is 19.5. The van der Waals surface area contributed by atoms with Gasteiger partial charge < -0.3 is 32.9 Å². The second kappa shape index (κ2) is 7.09. The monoisotopic (exact) mass is 283 g/mol. The minimum Gasteiger partial charge on any atom is -1.00 e. The summed E-state index contributed by atoms with van der Waals surface area (Å²) in [4.78, 5) is 6.42. The lowest BCUT2D eigenvalue weighted by atomic mass is 9.97. The molecule has 19 heavy (non-hydrogen) atoms. The Morgan fingerprint density at radius 1 is 1.26 bits per heavy atom. The van der Waals surface area contributed by atoms with Crippen molar-refractivity contribution >= 4 is 17.1 Å². The molecule has 1 aliphatic heterocycles. The van der Waals surface area contributed by atoms with Crippen LogP contribution in [0.15, 0.2) is 12.2 Å². The first kappa shape index (κ1) is 15.4. The molecular formula is C11H14ClN5O2. The number of allylic oxidation sites excluding steroid dienone is 1. The van der Waals surface area contributed by atoms with Crippen molar-refractivity contribution in [2.45, 2.75) is 6.10 Å². The van der Waals surface area contributed by atoms with Gasteiger partial charge in [-0.3, -0.25) is 0 Å². The maximum atomic E-state index is 9.17. The van der Waals surface area contributed by atoms with E-state index in [1.54, 1.807) is 12.2 Å². The fraction of sp³-hybridized carbons (Fsp3) is 0.545. The Balaban J connectivity index is 0.00000180. The average Bonchev–Trinajstić information content (AvgIpc) is 2.46. The molecule has 1 unspecified atom stereocenters. The van der Waals surface area contributed by atoms with Gasteiger partial charge in [0.25, 0.3) is 11.8 Å². The number of nitrogens with zero attached hydrogens (tertiary/aromatic N) is 5. The van der Waals surface area contributed by atoms with Gasteiger partial charge in [0.15, 0.2) is 13.1 Å². The van der Waals surface area contributed by atoms with Crippen LogP contribution in [-0.2, 0) is 9.47 Å². The van der Waals surface area contributed by atoms with Gasteiger partial charge in [0.1, 0.15) is 13.2 Å². The molecule has 1 fully saturated rings. The predicted octanol–water partition coefficient (Wildman–Crippen LogP) is -3.60. The van der Waals surface area contributed by atoms with E-state index in [4.69, 9.17) is 20.5 Å². The fourth-order valence-electron chi connectivity index (χ4n) is 2.10. The summed E-state index contributed by atoms with van der Waals surface area (Å²) in [6.07, 6.45) is 2.74. The molecule has 0 aromatic rings. The van der Waals surface area contributed by atoms with Crippen LogP contribution in [0.4, 0.5) is 0 Å². The van der Waals surface area contributed by atoms with Crippen LogP contribution in [-0.4, -0.2) is 70.8 Å². The average molecular weight is 284 g/mol. The van der Waals surface area contributed by atoms with E-state index in [0.29, 0.717) is 24.6 Å². The summed E-state index contributed by atoms with van der Waals surface area (Å²) in [6, 6.07) is 0. The third-order valence-corrected chi connectivity index (χ3v) is 3.00. The Kier molecular flexibility index (Phi) is 5.76. The van der Waals surface area contributed by atoms with Crippen molar-refractivity contribution in [3.63, 3.8) is 0 Å². The summed E-state index contributed by atoms with van der Waals surface area (Å²) >= 11 is 0.